The zero-order chi connectivity index (χ0) is 30.9. The minimum absolute atomic E-state index is 0.920. The Hall–Kier alpha value is -1.06. The highest BCUT2D eigenvalue weighted by Crippen LogP contribution is 2.57. The molecule has 0 aliphatic carbocycles. The highest BCUT2D eigenvalue weighted by molar-refractivity contribution is 7.82. The third kappa shape index (κ3) is 8.71. The van der Waals surface area contributed by atoms with Gasteiger partial charge in [0.15, 0.2) is 0 Å². The van der Waals surface area contributed by atoms with Crippen molar-refractivity contribution in [1.82, 2.24) is 0 Å². The fourth-order valence-electron chi connectivity index (χ4n) is 4.55. The number of aliphatic hydroxyl groups excluding tert-OH is 2. The molecule has 0 fully saturated rings. The molecular formula is C20H32O14S5. The normalized spacial score (nSPS) is 19.0. The van der Waals surface area contributed by atoms with Gasteiger partial charge in [-0.05, 0) is 0 Å². The SMILES string of the molecule is O=C(O)CC(S)OC(C(S)CC(=O)O)(C(S)CC(=O)O)C(CO)(CO)C(O)(C(S)CC(=O)O)C(S)CC(=O)O. The fourth-order valence-corrected chi connectivity index (χ4v) is 7.57. The summed E-state index contributed by atoms with van der Waals surface area (Å²) in [7, 11) is 0. The van der Waals surface area contributed by atoms with Crippen LogP contribution in [0.4, 0.5) is 0 Å². The van der Waals surface area contributed by atoms with Gasteiger partial charge in [-0.25, -0.2) is 0 Å². The van der Waals surface area contributed by atoms with Gasteiger partial charge in [0.05, 0.1) is 50.7 Å². The average molecular weight is 657 g/mol. The number of carbonyl (C=O) groups is 5. The van der Waals surface area contributed by atoms with Crippen molar-refractivity contribution in [2.45, 2.75) is 69.7 Å². The smallest absolute Gasteiger partial charge is 0.306 e. The van der Waals surface area contributed by atoms with E-state index in [4.69, 9.17) is 4.74 Å². The standard InChI is InChI=1S/C20H32O14S5/c21-6-18(7-22,19(33,8(35)1-12(23)24)9(36)2-13(25)26)20(10(37)3-14(27)28,11(38)4-15(29)30)34-17(39)5-16(31)32/h8-11,17,21-22,33,35-39H,1-7H2,(H,23,24)(H,25,26)(H,27,28)(H,29,30)(H,31,32). The molecule has 8 N–H and O–H groups in total. The van der Waals surface area contributed by atoms with Crippen LogP contribution in [-0.4, -0.2) is 122 Å². The first-order valence-electron chi connectivity index (χ1n) is 10.9. The maximum atomic E-state index is 12.2. The van der Waals surface area contributed by atoms with Crippen LogP contribution < -0.4 is 0 Å². The summed E-state index contributed by atoms with van der Waals surface area (Å²) in [5, 5.41) is 73.5. The number of aliphatic carboxylic acids is 5. The van der Waals surface area contributed by atoms with Crippen LogP contribution in [0.2, 0.25) is 0 Å². The predicted octanol–water partition coefficient (Wildman–Crippen LogP) is -0.733. The molecule has 5 unspecified atom stereocenters. The van der Waals surface area contributed by atoms with Gasteiger partial charge in [0, 0.05) is 21.0 Å². The van der Waals surface area contributed by atoms with E-state index in [9.17, 15) is 64.8 Å². The third-order valence-electron chi connectivity index (χ3n) is 6.21. The van der Waals surface area contributed by atoms with E-state index in [2.05, 4.69) is 63.1 Å². The lowest BCUT2D eigenvalue weighted by atomic mass is 9.55. The Balaban J connectivity index is 8.03. The van der Waals surface area contributed by atoms with Gasteiger partial charge in [-0.15, -0.1) is 12.6 Å². The summed E-state index contributed by atoms with van der Waals surface area (Å²) in [6.45, 7) is -2.93. The van der Waals surface area contributed by atoms with E-state index in [1.165, 1.54) is 0 Å². The molecule has 0 bridgehead atoms. The minimum atomic E-state index is -3.03. The zero-order valence-corrected chi connectivity index (χ0v) is 24.6. The number of hydrogen-bond acceptors (Lipinski definition) is 14. The fraction of sp³-hybridized carbons (Fsp3) is 0.750. The molecule has 0 amide bonds. The molecule has 0 aliphatic rings. The van der Waals surface area contributed by atoms with Crippen LogP contribution >= 0.6 is 63.1 Å². The number of ether oxygens (including phenoxy) is 1. The van der Waals surface area contributed by atoms with Gasteiger partial charge < -0.3 is 45.6 Å². The molecule has 0 aromatic rings. The van der Waals surface area contributed by atoms with E-state index < -0.39 is 118 Å². The van der Waals surface area contributed by atoms with Gasteiger partial charge in [-0.2, -0.15) is 50.5 Å². The van der Waals surface area contributed by atoms with E-state index in [1.54, 1.807) is 0 Å². The van der Waals surface area contributed by atoms with Gasteiger partial charge in [-0.1, -0.05) is 0 Å². The van der Waals surface area contributed by atoms with Crippen molar-refractivity contribution in [1.29, 1.82) is 0 Å². The summed E-state index contributed by atoms with van der Waals surface area (Å²) < 4.78 is 5.84. The molecule has 0 aliphatic heterocycles. The molecule has 0 aromatic heterocycles. The summed E-state index contributed by atoms with van der Waals surface area (Å²) in [6, 6.07) is 0. The number of rotatable bonds is 20. The molecule has 0 aromatic carbocycles. The van der Waals surface area contributed by atoms with Crippen LogP contribution in [0.5, 0.6) is 0 Å². The number of carboxylic acids is 5. The lowest BCUT2D eigenvalue weighted by molar-refractivity contribution is -0.254. The largest absolute Gasteiger partial charge is 0.481 e. The van der Waals surface area contributed by atoms with Crippen LogP contribution in [0.25, 0.3) is 0 Å². The molecular weight excluding hydrogens is 625 g/mol. The van der Waals surface area contributed by atoms with Crippen LogP contribution in [0.1, 0.15) is 32.1 Å². The first-order valence-corrected chi connectivity index (χ1v) is 13.5. The van der Waals surface area contributed by atoms with Crippen LogP contribution in [0, 0.1) is 5.41 Å². The van der Waals surface area contributed by atoms with E-state index in [0.29, 0.717) is 0 Å². The maximum absolute atomic E-state index is 12.2. The average Bonchev–Trinajstić information content (AvgIpc) is 2.76. The lowest BCUT2D eigenvalue weighted by Gasteiger charge is -2.62. The molecule has 0 heterocycles. The second kappa shape index (κ2) is 15.8. The summed E-state index contributed by atoms with van der Waals surface area (Å²) in [5.74, 6) is -7.83. The van der Waals surface area contributed by atoms with Gasteiger partial charge in [0.1, 0.15) is 16.6 Å². The Morgan fingerprint density at radius 3 is 1.10 bits per heavy atom. The molecule has 19 heteroatoms. The van der Waals surface area contributed by atoms with Crippen molar-refractivity contribution in [3.8, 4) is 0 Å². The zero-order valence-electron chi connectivity index (χ0n) is 20.1. The number of carboxylic acid groups (broad SMARTS) is 5. The molecule has 5 atom stereocenters. The molecule has 39 heavy (non-hydrogen) atoms. The Labute approximate surface area is 250 Å². The first-order chi connectivity index (χ1) is 17.8. The first kappa shape index (κ1) is 37.9. The molecule has 0 saturated carbocycles. The van der Waals surface area contributed by atoms with Crippen molar-refractivity contribution in [2.24, 2.45) is 5.41 Å². The molecule has 14 nitrogen and oxygen atoms in total. The predicted molar refractivity (Wildman–Crippen MR) is 151 cm³/mol. The summed E-state index contributed by atoms with van der Waals surface area (Å²) in [6.07, 6.45) is -5.06. The quantitative estimate of drug-likeness (QED) is 0.0570. The number of aliphatic hydroxyl groups is 3. The Morgan fingerprint density at radius 2 is 0.846 bits per heavy atom. The number of thiol groups is 5. The Morgan fingerprint density at radius 1 is 0.564 bits per heavy atom. The number of hydrogen-bond donors (Lipinski definition) is 13. The minimum Gasteiger partial charge on any atom is -0.481 e. The topological polar surface area (TPSA) is 256 Å². The van der Waals surface area contributed by atoms with Gasteiger partial charge in [0.2, 0.25) is 0 Å². The summed E-state index contributed by atoms with van der Waals surface area (Å²) in [5.41, 5.74) is -10.4. The Kier molecular flexibility index (Phi) is 15.4. The Bertz CT molecular complexity index is 854. The van der Waals surface area contributed by atoms with Crippen LogP contribution in [0.3, 0.4) is 0 Å². The molecule has 0 radical (unpaired) electrons. The second-order valence-electron chi connectivity index (χ2n) is 8.64. The summed E-state index contributed by atoms with van der Waals surface area (Å²) in [4.78, 5) is 58.0. The van der Waals surface area contributed by atoms with E-state index in [-0.39, 0.29) is 0 Å². The molecule has 0 rings (SSSR count). The van der Waals surface area contributed by atoms with Gasteiger partial charge in [0.25, 0.3) is 0 Å². The highest BCUT2D eigenvalue weighted by Gasteiger charge is 2.71. The van der Waals surface area contributed by atoms with Gasteiger partial charge >= 0.3 is 29.8 Å². The highest BCUT2D eigenvalue weighted by atomic mass is 32.1. The monoisotopic (exact) mass is 656 g/mol. The van der Waals surface area contributed by atoms with Crippen molar-refractivity contribution in [3.63, 3.8) is 0 Å². The molecule has 0 saturated heterocycles. The maximum Gasteiger partial charge on any atom is 0.306 e. The van der Waals surface area contributed by atoms with Crippen molar-refractivity contribution >= 4 is 93.0 Å². The third-order valence-corrected chi connectivity index (χ3v) is 8.79. The van der Waals surface area contributed by atoms with E-state index >= 15 is 0 Å². The van der Waals surface area contributed by atoms with E-state index in [0.717, 1.165) is 0 Å². The van der Waals surface area contributed by atoms with Crippen LogP contribution in [0.15, 0.2) is 0 Å². The van der Waals surface area contributed by atoms with Crippen molar-refractivity contribution < 1.29 is 69.6 Å². The van der Waals surface area contributed by atoms with Crippen LogP contribution in [-0.2, 0) is 28.7 Å². The molecule has 226 valence electrons. The second-order valence-corrected chi connectivity index (χ2v) is 11.7. The lowest BCUT2D eigenvalue weighted by Crippen LogP contribution is -2.78. The van der Waals surface area contributed by atoms with Crippen molar-refractivity contribution in [2.75, 3.05) is 13.2 Å². The van der Waals surface area contributed by atoms with Gasteiger partial charge in [-0.3, -0.25) is 24.0 Å². The van der Waals surface area contributed by atoms with Crippen molar-refractivity contribution in [3.05, 3.63) is 0 Å². The summed E-state index contributed by atoms with van der Waals surface area (Å²) >= 11 is 20.7. The molecule has 0 spiro atoms. The van der Waals surface area contributed by atoms with E-state index in [1.807, 2.05) is 0 Å².